The smallest absolute Gasteiger partial charge is 0.258 e. The number of sulfonamides is 1. The molecular weight excluding hydrogens is 282 g/mol. The summed E-state index contributed by atoms with van der Waals surface area (Å²) in [5.41, 5.74) is -0.696. The molecule has 0 amide bonds. The molecule has 0 aliphatic carbocycles. The quantitative estimate of drug-likeness (QED) is 0.672. The van der Waals surface area contributed by atoms with Crippen molar-refractivity contribution in [2.75, 3.05) is 0 Å². The van der Waals surface area contributed by atoms with Crippen molar-refractivity contribution in [1.82, 2.24) is 4.72 Å². The third-order valence-corrected chi connectivity index (χ3v) is 4.56. The molecule has 0 aliphatic heterocycles. The minimum absolute atomic E-state index is 0.187. The third-order valence-electron chi connectivity index (χ3n) is 2.77. The highest BCUT2D eigenvalue weighted by atomic mass is 32.2. The normalized spacial score (nSPS) is 11.9. The Kier molecular flexibility index (Phi) is 4.17. The second-order valence-electron chi connectivity index (χ2n) is 4.99. The fourth-order valence-corrected chi connectivity index (χ4v) is 3.27. The van der Waals surface area contributed by atoms with E-state index >= 15 is 0 Å². The number of hydrogen-bond acceptors (Lipinski definition) is 5. The molecule has 20 heavy (non-hydrogen) atoms. The van der Waals surface area contributed by atoms with Gasteiger partial charge in [-0.15, -0.1) is 0 Å². The van der Waals surface area contributed by atoms with E-state index in [2.05, 4.69) is 4.72 Å². The number of rotatable bonds is 4. The zero-order chi connectivity index (χ0) is 15.7. The maximum Gasteiger partial charge on any atom is 0.271 e. The summed E-state index contributed by atoms with van der Waals surface area (Å²) >= 11 is 0. The molecule has 0 radical (unpaired) electrons. The largest absolute Gasteiger partial charge is 0.271 e. The Morgan fingerprint density at radius 3 is 2.35 bits per heavy atom. The summed E-state index contributed by atoms with van der Waals surface area (Å²) in [6.45, 7) is 5.97. The van der Waals surface area contributed by atoms with Crippen molar-refractivity contribution >= 4 is 15.7 Å². The molecule has 0 bridgehead atoms. The first-order valence-electron chi connectivity index (χ1n) is 5.71. The number of nitro benzene ring substituents is 1. The van der Waals surface area contributed by atoms with Crippen LogP contribution in [0.15, 0.2) is 17.0 Å². The molecular formula is C12H15N3O4S. The monoisotopic (exact) mass is 297 g/mol. The number of nitrogens with one attached hydrogen (secondary N) is 1. The summed E-state index contributed by atoms with van der Waals surface area (Å²) in [6.07, 6.45) is 0. The number of nitro groups is 1. The first kappa shape index (κ1) is 16.1. The zero-order valence-electron chi connectivity index (χ0n) is 11.6. The molecule has 1 N–H and O–H groups in total. The van der Waals surface area contributed by atoms with Crippen molar-refractivity contribution in [1.29, 1.82) is 5.26 Å². The van der Waals surface area contributed by atoms with Gasteiger partial charge in [-0.25, -0.2) is 8.42 Å². The van der Waals surface area contributed by atoms with Crippen LogP contribution < -0.4 is 4.72 Å². The lowest BCUT2D eigenvalue weighted by Crippen LogP contribution is -2.42. The van der Waals surface area contributed by atoms with Gasteiger partial charge < -0.3 is 0 Å². The van der Waals surface area contributed by atoms with Crippen molar-refractivity contribution < 1.29 is 13.3 Å². The van der Waals surface area contributed by atoms with Crippen LogP contribution in [0.3, 0.4) is 0 Å². The number of aryl methyl sites for hydroxylation is 1. The van der Waals surface area contributed by atoms with Gasteiger partial charge in [0, 0.05) is 12.1 Å². The molecule has 0 spiro atoms. The van der Waals surface area contributed by atoms with Crippen LogP contribution >= 0.6 is 0 Å². The summed E-state index contributed by atoms with van der Waals surface area (Å²) in [6, 6.07) is 4.12. The highest BCUT2D eigenvalue weighted by Crippen LogP contribution is 2.26. The molecule has 0 fully saturated rings. The topological polar surface area (TPSA) is 113 Å². The van der Waals surface area contributed by atoms with Gasteiger partial charge in [-0.1, -0.05) is 0 Å². The lowest BCUT2D eigenvalue weighted by molar-refractivity contribution is -0.385. The Labute approximate surface area is 117 Å². The van der Waals surface area contributed by atoms with Crippen LogP contribution in [0, 0.1) is 35.3 Å². The van der Waals surface area contributed by atoms with Gasteiger partial charge in [0.2, 0.25) is 10.0 Å². The van der Waals surface area contributed by atoms with Crippen LogP contribution in [0.5, 0.6) is 0 Å². The molecule has 1 rings (SSSR count). The Bertz CT molecular complexity index is 702. The van der Waals surface area contributed by atoms with Gasteiger partial charge in [0.05, 0.1) is 15.9 Å². The van der Waals surface area contributed by atoms with E-state index in [1.807, 2.05) is 6.07 Å². The molecule has 7 nitrogen and oxygen atoms in total. The van der Waals surface area contributed by atoms with Crippen molar-refractivity contribution in [2.24, 2.45) is 0 Å². The number of nitrogens with zero attached hydrogens (tertiary/aromatic N) is 2. The molecule has 0 aromatic heterocycles. The van der Waals surface area contributed by atoms with E-state index in [0.29, 0.717) is 11.1 Å². The molecule has 108 valence electrons. The van der Waals surface area contributed by atoms with E-state index in [1.165, 1.54) is 19.9 Å². The first-order chi connectivity index (χ1) is 9.00. The van der Waals surface area contributed by atoms with Crippen molar-refractivity contribution in [3.8, 4) is 6.07 Å². The number of hydrogen-bond donors (Lipinski definition) is 1. The van der Waals surface area contributed by atoms with Gasteiger partial charge in [0.25, 0.3) is 5.69 Å². The fourth-order valence-electron chi connectivity index (χ4n) is 1.61. The number of nitriles is 1. The Balaban J connectivity index is 3.47. The molecule has 1 aromatic rings. The summed E-state index contributed by atoms with van der Waals surface area (Å²) in [5.74, 6) is 0. The van der Waals surface area contributed by atoms with Crippen LogP contribution in [0.25, 0.3) is 0 Å². The van der Waals surface area contributed by atoms with Gasteiger partial charge in [-0.05, 0) is 38.8 Å². The average Bonchev–Trinajstić information content (AvgIpc) is 2.30. The second kappa shape index (κ2) is 5.19. The second-order valence-corrected chi connectivity index (χ2v) is 6.64. The van der Waals surface area contributed by atoms with Crippen molar-refractivity contribution in [3.63, 3.8) is 0 Å². The van der Waals surface area contributed by atoms with Crippen LogP contribution in [-0.4, -0.2) is 18.9 Å². The lowest BCUT2D eigenvalue weighted by atomic mass is 10.1. The summed E-state index contributed by atoms with van der Waals surface area (Å²) in [4.78, 5) is 9.98. The lowest BCUT2D eigenvalue weighted by Gasteiger charge is -2.19. The highest BCUT2D eigenvalue weighted by molar-refractivity contribution is 7.89. The standard InChI is InChI=1S/C12H15N3O4S/c1-8-5-10(15(16)17)6-11(9(8)2)20(18,19)14-12(3,4)7-13/h5-6,14H,1-4H3. The number of non-ortho nitro benzene ring substituents is 1. The molecule has 8 heteroatoms. The van der Waals surface area contributed by atoms with Gasteiger partial charge in [0.15, 0.2) is 0 Å². The predicted molar refractivity (Wildman–Crippen MR) is 72.6 cm³/mol. The average molecular weight is 297 g/mol. The first-order valence-corrected chi connectivity index (χ1v) is 7.19. The molecule has 0 atom stereocenters. The van der Waals surface area contributed by atoms with Gasteiger partial charge in [0.1, 0.15) is 5.54 Å². The Morgan fingerprint density at radius 2 is 1.90 bits per heavy atom. The molecule has 1 aromatic carbocycles. The molecule has 0 heterocycles. The van der Waals surface area contributed by atoms with E-state index in [4.69, 9.17) is 5.26 Å². The third kappa shape index (κ3) is 3.31. The van der Waals surface area contributed by atoms with Crippen molar-refractivity contribution in [2.45, 2.75) is 38.1 Å². The van der Waals surface area contributed by atoms with E-state index in [-0.39, 0.29) is 10.6 Å². The molecule has 0 unspecified atom stereocenters. The maximum absolute atomic E-state index is 12.3. The Hall–Kier alpha value is -1.98. The van der Waals surface area contributed by atoms with Crippen LogP contribution in [-0.2, 0) is 10.0 Å². The van der Waals surface area contributed by atoms with E-state index < -0.39 is 20.5 Å². The Morgan fingerprint density at radius 1 is 1.35 bits per heavy atom. The van der Waals surface area contributed by atoms with Crippen molar-refractivity contribution in [3.05, 3.63) is 33.4 Å². The SMILES string of the molecule is Cc1cc([N+](=O)[O-])cc(S(=O)(=O)NC(C)(C)C#N)c1C. The van der Waals surface area contributed by atoms with Crippen LogP contribution in [0.2, 0.25) is 0 Å². The molecule has 0 saturated carbocycles. The summed E-state index contributed by atoms with van der Waals surface area (Å²) < 4.78 is 26.8. The van der Waals surface area contributed by atoms with Crippen LogP contribution in [0.4, 0.5) is 5.69 Å². The van der Waals surface area contributed by atoms with Gasteiger partial charge in [-0.2, -0.15) is 9.98 Å². The molecule has 0 aliphatic rings. The van der Waals surface area contributed by atoms with E-state index in [9.17, 15) is 18.5 Å². The number of benzene rings is 1. The van der Waals surface area contributed by atoms with Crippen LogP contribution in [0.1, 0.15) is 25.0 Å². The summed E-state index contributed by atoms with van der Waals surface area (Å²) in [5, 5.41) is 19.7. The van der Waals surface area contributed by atoms with Gasteiger partial charge >= 0.3 is 0 Å². The highest BCUT2D eigenvalue weighted by Gasteiger charge is 2.29. The minimum Gasteiger partial charge on any atom is -0.258 e. The predicted octanol–water partition coefficient (Wildman–Crippen LogP) is 1.79. The fraction of sp³-hybridized carbons (Fsp3) is 0.417. The summed E-state index contributed by atoms with van der Waals surface area (Å²) in [7, 11) is -4.02. The minimum atomic E-state index is -4.02. The maximum atomic E-state index is 12.3. The van der Waals surface area contributed by atoms with Gasteiger partial charge in [-0.3, -0.25) is 10.1 Å². The van der Waals surface area contributed by atoms with E-state index in [1.54, 1.807) is 13.8 Å². The van der Waals surface area contributed by atoms with E-state index in [0.717, 1.165) is 6.07 Å². The zero-order valence-corrected chi connectivity index (χ0v) is 12.4. The molecule has 0 saturated heterocycles.